The van der Waals surface area contributed by atoms with Crippen LogP contribution in [0.3, 0.4) is 0 Å². The SMILES string of the molecule is [C-]#[N+]C1=C[C@]2(C)C3=CC(=O)[C@@H]4[C@@H]5CC(C)(C)CC[C@]5(C(=O)O/N=C(\N)C(F)(F)F)CC[C@@]4(C)[C@]3(C)CC[C@H]2[C@H](C)C1=O. The van der Waals surface area contributed by atoms with Crippen LogP contribution in [0.5, 0.6) is 0 Å². The summed E-state index contributed by atoms with van der Waals surface area (Å²) in [6.45, 7) is 20.0. The van der Waals surface area contributed by atoms with Gasteiger partial charge in [-0.05, 0) is 79.1 Å². The van der Waals surface area contributed by atoms with E-state index in [1.807, 2.05) is 13.8 Å². The lowest BCUT2D eigenvalue weighted by Crippen LogP contribution is -2.65. The Morgan fingerprint density at radius 3 is 2.33 bits per heavy atom. The number of oxime groups is 1. The molecule has 228 valence electrons. The molecule has 0 saturated heterocycles. The second kappa shape index (κ2) is 9.27. The summed E-state index contributed by atoms with van der Waals surface area (Å²) < 4.78 is 39.0. The van der Waals surface area contributed by atoms with Gasteiger partial charge in [-0.3, -0.25) is 4.79 Å². The minimum absolute atomic E-state index is 0.0361. The van der Waals surface area contributed by atoms with Gasteiger partial charge in [0.2, 0.25) is 11.5 Å². The second-order valence-corrected chi connectivity index (χ2v) is 14.9. The van der Waals surface area contributed by atoms with Crippen LogP contribution in [-0.2, 0) is 19.2 Å². The van der Waals surface area contributed by atoms with Gasteiger partial charge >= 0.3 is 12.1 Å². The van der Waals surface area contributed by atoms with Crippen molar-refractivity contribution in [1.82, 2.24) is 0 Å². The third kappa shape index (κ3) is 4.05. The number of hydrogen-bond donors (Lipinski definition) is 1. The summed E-state index contributed by atoms with van der Waals surface area (Å²) in [7, 11) is 0. The highest BCUT2D eigenvalue weighted by molar-refractivity contribution is 6.01. The van der Waals surface area contributed by atoms with E-state index in [0.717, 1.165) is 18.4 Å². The van der Waals surface area contributed by atoms with Gasteiger partial charge in [-0.2, -0.15) is 13.2 Å². The maximum Gasteiger partial charge on any atom is 0.452 e. The van der Waals surface area contributed by atoms with E-state index in [1.54, 1.807) is 12.2 Å². The van der Waals surface area contributed by atoms with Gasteiger partial charge in [0.05, 0.1) is 12.0 Å². The number of nitrogens with two attached hydrogens (primary N) is 1. The number of fused-ring (bicyclic) bond motifs is 7. The summed E-state index contributed by atoms with van der Waals surface area (Å²) in [5.41, 5.74) is 3.07. The minimum atomic E-state index is -4.93. The lowest BCUT2D eigenvalue weighted by molar-refractivity contribution is -0.192. The predicted octanol–water partition coefficient (Wildman–Crippen LogP) is 6.55. The molecular formula is C32H40F3N3O4. The number of carbonyl (C=O) groups excluding carboxylic acids is 3. The smallest absolute Gasteiger partial charge is 0.377 e. The highest BCUT2D eigenvalue weighted by Gasteiger charge is 2.70. The van der Waals surface area contributed by atoms with Crippen molar-refractivity contribution in [3.8, 4) is 0 Å². The molecule has 0 spiro atoms. The maximum atomic E-state index is 14.4. The maximum absolute atomic E-state index is 14.4. The van der Waals surface area contributed by atoms with Crippen molar-refractivity contribution >= 4 is 23.4 Å². The van der Waals surface area contributed by atoms with Crippen molar-refractivity contribution in [2.75, 3.05) is 0 Å². The Morgan fingerprint density at radius 2 is 1.71 bits per heavy atom. The van der Waals surface area contributed by atoms with E-state index in [-0.39, 0.29) is 34.5 Å². The number of ketones is 2. The molecule has 7 nitrogen and oxygen atoms in total. The van der Waals surface area contributed by atoms with Gasteiger partial charge < -0.3 is 15.4 Å². The molecule has 5 aliphatic carbocycles. The van der Waals surface area contributed by atoms with Crippen molar-refractivity contribution < 1.29 is 32.4 Å². The van der Waals surface area contributed by atoms with Crippen LogP contribution in [0.1, 0.15) is 86.5 Å². The van der Waals surface area contributed by atoms with E-state index >= 15 is 0 Å². The summed E-state index contributed by atoms with van der Waals surface area (Å²) in [5, 5.41) is 2.96. The van der Waals surface area contributed by atoms with Gasteiger partial charge in [-0.25, -0.2) is 9.64 Å². The van der Waals surface area contributed by atoms with E-state index in [1.165, 1.54) is 0 Å². The molecule has 0 heterocycles. The van der Waals surface area contributed by atoms with Crippen LogP contribution in [0.4, 0.5) is 13.2 Å². The first-order valence-corrected chi connectivity index (χ1v) is 14.8. The Hall–Kier alpha value is -2.96. The molecule has 3 saturated carbocycles. The number of hydrogen-bond acceptors (Lipinski definition) is 5. The van der Waals surface area contributed by atoms with E-state index in [4.69, 9.17) is 17.1 Å². The Bertz CT molecular complexity index is 1390. The van der Waals surface area contributed by atoms with Crippen LogP contribution in [-0.4, -0.2) is 29.5 Å². The van der Waals surface area contributed by atoms with Gasteiger partial charge in [-0.15, -0.1) is 0 Å². The Labute approximate surface area is 245 Å². The predicted molar refractivity (Wildman–Crippen MR) is 149 cm³/mol. The first kappa shape index (κ1) is 30.5. The first-order chi connectivity index (χ1) is 19.3. The van der Waals surface area contributed by atoms with Crippen LogP contribution >= 0.6 is 0 Å². The summed E-state index contributed by atoms with van der Waals surface area (Å²) in [6, 6.07) is 0. The van der Waals surface area contributed by atoms with Crippen molar-refractivity contribution in [3.05, 3.63) is 34.8 Å². The quantitative estimate of drug-likeness (QED) is 0.130. The van der Waals surface area contributed by atoms with E-state index in [9.17, 15) is 27.6 Å². The summed E-state index contributed by atoms with van der Waals surface area (Å²) in [6.07, 6.45) is 2.51. The van der Waals surface area contributed by atoms with Gasteiger partial charge in [0.15, 0.2) is 11.6 Å². The van der Waals surface area contributed by atoms with Crippen molar-refractivity contribution in [2.24, 2.45) is 61.6 Å². The highest BCUT2D eigenvalue weighted by Crippen LogP contribution is 2.74. The molecule has 5 aliphatic rings. The Balaban J connectivity index is 1.62. The van der Waals surface area contributed by atoms with Crippen LogP contribution in [0.15, 0.2) is 28.6 Å². The molecule has 0 aromatic carbocycles. The first-order valence-electron chi connectivity index (χ1n) is 14.8. The molecule has 3 fully saturated rings. The third-order valence-electron chi connectivity index (χ3n) is 12.4. The van der Waals surface area contributed by atoms with Gasteiger partial charge in [-0.1, -0.05) is 58.3 Å². The number of halogens is 3. The average Bonchev–Trinajstić information content (AvgIpc) is 2.89. The number of carbonyl (C=O) groups is 3. The summed E-state index contributed by atoms with van der Waals surface area (Å²) in [4.78, 5) is 49.5. The standard InChI is InChI=1S/C32H40F3N3O4/c1-17-18-8-9-29(5)22(28(18,4)16-20(37-7)24(17)40)14-21(39)23-19-15-27(2,3)10-12-31(19,13-11-30(23,29)6)26(41)42-38-25(36)32(33,34)35/h14,16-19,23H,8-13,15H2,1-6H3,(H2,36,38)/t17-,18-,19-,23-,28-,29+,30+,31-/m0/s1. The number of rotatable bonds is 2. The molecule has 0 unspecified atom stereocenters. The summed E-state index contributed by atoms with van der Waals surface area (Å²) >= 11 is 0. The number of nitrogens with zero attached hydrogens (tertiary/aromatic N) is 2. The second-order valence-electron chi connectivity index (χ2n) is 14.9. The van der Waals surface area contributed by atoms with E-state index in [0.29, 0.717) is 32.1 Å². The molecule has 42 heavy (non-hydrogen) atoms. The zero-order valence-electron chi connectivity index (χ0n) is 25.2. The van der Waals surface area contributed by atoms with Crippen LogP contribution < -0.4 is 5.73 Å². The lowest BCUT2D eigenvalue weighted by Gasteiger charge is -2.68. The zero-order valence-corrected chi connectivity index (χ0v) is 25.2. The molecular weight excluding hydrogens is 547 g/mol. The number of Topliss-reactive ketones (excluding diaryl/α,β-unsaturated/α-hetero) is 1. The summed E-state index contributed by atoms with van der Waals surface area (Å²) in [5.74, 6) is -4.23. The van der Waals surface area contributed by atoms with Gasteiger partial charge in [0, 0.05) is 17.3 Å². The number of allylic oxidation sites excluding steroid dienone is 4. The van der Waals surface area contributed by atoms with Crippen LogP contribution in [0.25, 0.3) is 4.85 Å². The topological polar surface area (TPSA) is 103 Å². The number of alkyl halides is 3. The fraction of sp³-hybridized carbons (Fsp3) is 0.719. The fourth-order valence-electron chi connectivity index (χ4n) is 9.81. The monoisotopic (exact) mass is 587 g/mol. The molecule has 8 atom stereocenters. The normalized spacial score (nSPS) is 43.0. The highest BCUT2D eigenvalue weighted by atomic mass is 19.4. The molecule has 0 amide bonds. The largest absolute Gasteiger partial charge is 0.452 e. The molecule has 0 bridgehead atoms. The minimum Gasteiger partial charge on any atom is -0.377 e. The third-order valence-corrected chi connectivity index (χ3v) is 12.4. The van der Waals surface area contributed by atoms with Crippen LogP contribution in [0, 0.1) is 57.3 Å². The molecule has 2 N–H and O–H groups in total. The zero-order chi connectivity index (χ0) is 31.3. The molecule has 5 rings (SSSR count). The van der Waals surface area contributed by atoms with Crippen LogP contribution in [0.2, 0.25) is 0 Å². The van der Waals surface area contributed by atoms with E-state index in [2.05, 4.69) is 37.7 Å². The van der Waals surface area contributed by atoms with Gasteiger partial charge in [0.1, 0.15) is 0 Å². The van der Waals surface area contributed by atoms with Gasteiger partial charge in [0.25, 0.3) is 0 Å². The molecule has 0 aromatic heterocycles. The number of amidine groups is 1. The molecule has 10 heteroatoms. The fourth-order valence-corrected chi connectivity index (χ4v) is 9.81. The Kier molecular flexibility index (Phi) is 6.73. The molecule has 0 aromatic rings. The van der Waals surface area contributed by atoms with Crippen molar-refractivity contribution in [2.45, 2.75) is 92.7 Å². The van der Waals surface area contributed by atoms with Crippen molar-refractivity contribution in [3.63, 3.8) is 0 Å². The van der Waals surface area contributed by atoms with Crippen molar-refractivity contribution in [1.29, 1.82) is 0 Å². The Morgan fingerprint density at radius 1 is 1.07 bits per heavy atom. The van der Waals surface area contributed by atoms with E-state index < -0.39 is 51.5 Å². The lowest BCUT2D eigenvalue weighted by atomic mass is 9.35. The molecule has 0 radical (unpaired) electrons. The average molecular weight is 588 g/mol. The molecule has 0 aliphatic heterocycles.